The van der Waals surface area contributed by atoms with Crippen molar-refractivity contribution in [1.82, 2.24) is 0 Å². The molecule has 0 unspecified atom stereocenters. The number of hydrogen-bond acceptors (Lipinski definition) is 4. The van der Waals surface area contributed by atoms with Crippen molar-refractivity contribution in [2.75, 3.05) is 12.4 Å². The first-order chi connectivity index (χ1) is 11.0. The zero-order chi connectivity index (χ0) is 17.0. The number of anilines is 1. The number of allylic oxidation sites excluding steroid dienone is 2. The van der Waals surface area contributed by atoms with Crippen molar-refractivity contribution in [2.24, 2.45) is 0 Å². The molecule has 1 aromatic heterocycles. The Kier molecular flexibility index (Phi) is 5.01. The molecule has 0 saturated heterocycles. The predicted molar refractivity (Wildman–Crippen MR) is 90.4 cm³/mol. The van der Waals surface area contributed by atoms with Crippen LogP contribution in [0.4, 0.5) is 5.69 Å². The van der Waals surface area contributed by atoms with Crippen LogP contribution in [-0.2, 0) is 9.53 Å². The average molecular weight is 313 g/mol. The van der Waals surface area contributed by atoms with Gasteiger partial charge in [-0.25, -0.2) is 4.79 Å². The molecule has 0 fully saturated rings. The Bertz CT molecular complexity index is 859. The Hall–Kier alpha value is -2.82. The van der Waals surface area contributed by atoms with Gasteiger partial charge in [0.15, 0.2) is 0 Å². The summed E-state index contributed by atoms with van der Waals surface area (Å²) in [5.74, 6) is 0.263. The minimum atomic E-state index is -0.358. The number of nitrogens with one attached hydrogen (secondary N) is 1. The number of hydrogen-bond donors (Lipinski definition) is 1. The van der Waals surface area contributed by atoms with E-state index in [1.807, 2.05) is 6.92 Å². The van der Waals surface area contributed by atoms with Gasteiger partial charge in [-0.15, -0.1) is 0 Å². The van der Waals surface area contributed by atoms with Crippen molar-refractivity contribution in [1.29, 1.82) is 0 Å². The fourth-order valence-electron chi connectivity index (χ4n) is 2.13. The molecule has 0 atom stereocenters. The molecule has 1 amide bonds. The van der Waals surface area contributed by atoms with Crippen LogP contribution >= 0.6 is 0 Å². The van der Waals surface area contributed by atoms with E-state index in [0.29, 0.717) is 28.2 Å². The zero-order valence-corrected chi connectivity index (χ0v) is 13.6. The number of carbonyl (C=O) groups excluding carboxylic acids is 1. The molecule has 1 N–H and O–H groups in total. The maximum atomic E-state index is 12.4. The Balaban J connectivity index is 2.36. The third kappa shape index (κ3) is 3.69. The van der Waals surface area contributed by atoms with E-state index in [1.54, 1.807) is 50.3 Å². The van der Waals surface area contributed by atoms with Gasteiger partial charge < -0.3 is 14.5 Å². The number of ether oxygens (including phenoxy) is 1. The summed E-state index contributed by atoms with van der Waals surface area (Å²) in [5.41, 5.74) is 1.71. The standard InChI is InChI=1S/C18H19NO4/c1-5-6-15(12(3)22-4)17(20)19-14-7-8-16-13(10-14)9-11(2)18(21)23-16/h5-10H,1-4H3,(H,19,20)/b6-5-,15-12-. The van der Waals surface area contributed by atoms with Gasteiger partial charge >= 0.3 is 5.63 Å². The SMILES string of the molecule is C/C=C\C(C(=O)Nc1ccc2oc(=O)c(C)cc2c1)=C(/C)OC. The molecule has 0 spiro atoms. The van der Waals surface area contributed by atoms with Crippen LogP contribution in [0.25, 0.3) is 11.0 Å². The number of amides is 1. The lowest BCUT2D eigenvalue weighted by Gasteiger charge is -2.09. The highest BCUT2D eigenvalue weighted by Crippen LogP contribution is 2.20. The number of carbonyl (C=O) groups is 1. The third-order valence-electron chi connectivity index (χ3n) is 3.43. The second kappa shape index (κ2) is 6.96. The Labute approximate surface area is 134 Å². The van der Waals surface area contributed by atoms with Crippen LogP contribution in [0.1, 0.15) is 19.4 Å². The predicted octanol–water partition coefficient (Wildman–Crippen LogP) is 3.54. The average Bonchev–Trinajstić information content (AvgIpc) is 2.53. The van der Waals surface area contributed by atoms with E-state index in [2.05, 4.69) is 5.32 Å². The van der Waals surface area contributed by atoms with Crippen molar-refractivity contribution < 1.29 is 13.9 Å². The van der Waals surface area contributed by atoms with Crippen molar-refractivity contribution in [3.8, 4) is 0 Å². The molecule has 0 aliphatic carbocycles. The minimum absolute atomic E-state index is 0.268. The molecular weight excluding hydrogens is 294 g/mol. The molecule has 0 bridgehead atoms. The van der Waals surface area contributed by atoms with E-state index >= 15 is 0 Å². The Morgan fingerprint density at radius 1 is 1.30 bits per heavy atom. The van der Waals surface area contributed by atoms with E-state index in [4.69, 9.17) is 9.15 Å². The first-order valence-corrected chi connectivity index (χ1v) is 7.19. The van der Waals surface area contributed by atoms with Gasteiger partial charge in [0.2, 0.25) is 0 Å². The lowest BCUT2D eigenvalue weighted by atomic mass is 10.1. The van der Waals surface area contributed by atoms with Crippen molar-refractivity contribution in [3.05, 3.63) is 63.7 Å². The molecule has 1 aromatic carbocycles. The van der Waals surface area contributed by atoms with Crippen LogP contribution in [0.15, 0.2) is 57.0 Å². The molecule has 120 valence electrons. The monoisotopic (exact) mass is 313 g/mol. The molecule has 5 nitrogen and oxygen atoms in total. The fraction of sp³-hybridized carbons (Fsp3) is 0.222. The molecule has 0 aliphatic rings. The highest BCUT2D eigenvalue weighted by Gasteiger charge is 2.12. The lowest BCUT2D eigenvalue weighted by molar-refractivity contribution is -0.112. The summed E-state index contributed by atoms with van der Waals surface area (Å²) < 4.78 is 10.3. The lowest BCUT2D eigenvalue weighted by Crippen LogP contribution is -2.15. The van der Waals surface area contributed by atoms with Gasteiger partial charge in [-0.05, 0) is 45.0 Å². The van der Waals surface area contributed by atoms with E-state index in [1.165, 1.54) is 7.11 Å². The number of rotatable bonds is 4. The summed E-state index contributed by atoms with van der Waals surface area (Å²) in [6.07, 6.45) is 3.47. The third-order valence-corrected chi connectivity index (χ3v) is 3.43. The van der Waals surface area contributed by atoms with Crippen LogP contribution in [0, 0.1) is 6.92 Å². The van der Waals surface area contributed by atoms with Crippen LogP contribution in [0.2, 0.25) is 0 Å². The Morgan fingerprint density at radius 2 is 2.04 bits per heavy atom. The van der Waals surface area contributed by atoms with Gasteiger partial charge in [-0.2, -0.15) is 0 Å². The van der Waals surface area contributed by atoms with Crippen LogP contribution in [0.5, 0.6) is 0 Å². The second-order valence-corrected chi connectivity index (χ2v) is 5.10. The minimum Gasteiger partial charge on any atom is -0.501 e. The number of benzene rings is 1. The Morgan fingerprint density at radius 3 is 2.70 bits per heavy atom. The molecule has 0 radical (unpaired) electrons. The first-order valence-electron chi connectivity index (χ1n) is 7.19. The maximum absolute atomic E-state index is 12.4. The summed E-state index contributed by atoms with van der Waals surface area (Å²) in [6.45, 7) is 5.25. The van der Waals surface area contributed by atoms with Gasteiger partial charge in [0.05, 0.1) is 12.7 Å². The van der Waals surface area contributed by atoms with Crippen molar-refractivity contribution in [2.45, 2.75) is 20.8 Å². The zero-order valence-electron chi connectivity index (χ0n) is 13.6. The molecule has 0 saturated carbocycles. The molecular formula is C18H19NO4. The summed E-state index contributed by atoms with van der Waals surface area (Å²) in [5, 5.41) is 3.57. The van der Waals surface area contributed by atoms with Gasteiger partial charge in [0.25, 0.3) is 5.91 Å². The highest BCUT2D eigenvalue weighted by atomic mass is 16.5. The maximum Gasteiger partial charge on any atom is 0.339 e. The molecule has 23 heavy (non-hydrogen) atoms. The number of fused-ring (bicyclic) bond motifs is 1. The normalized spacial score (nSPS) is 12.3. The summed E-state index contributed by atoms with van der Waals surface area (Å²) >= 11 is 0. The molecule has 1 heterocycles. The van der Waals surface area contributed by atoms with Crippen LogP contribution < -0.4 is 10.9 Å². The first kappa shape index (κ1) is 16.5. The van der Waals surface area contributed by atoms with Crippen molar-refractivity contribution >= 4 is 22.6 Å². The summed E-state index contributed by atoms with van der Waals surface area (Å²) in [7, 11) is 1.52. The van der Waals surface area contributed by atoms with Gasteiger partial charge in [-0.3, -0.25) is 4.79 Å². The molecule has 5 heteroatoms. The van der Waals surface area contributed by atoms with Crippen LogP contribution in [0.3, 0.4) is 0 Å². The molecule has 2 aromatic rings. The summed E-state index contributed by atoms with van der Waals surface area (Å²) in [4.78, 5) is 23.9. The quantitative estimate of drug-likeness (QED) is 0.406. The van der Waals surface area contributed by atoms with E-state index in [9.17, 15) is 9.59 Å². The van der Waals surface area contributed by atoms with E-state index in [0.717, 1.165) is 5.39 Å². The second-order valence-electron chi connectivity index (χ2n) is 5.10. The smallest absolute Gasteiger partial charge is 0.339 e. The fourth-order valence-corrected chi connectivity index (χ4v) is 2.13. The van der Waals surface area contributed by atoms with E-state index in [-0.39, 0.29) is 11.5 Å². The number of aryl methyl sites for hydroxylation is 1. The molecule has 2 rings (SSSR count). The van der Waals surface area contributed by atoms with Crippen LogP contribution in [-0.4, -0.2) is 13.0 Å². The number of methoxy groups -OCH3 is 1. The topological polar surface area (TPSA) is 68.5 Å². The highest BCUT2D eigenvalue weighted by molar-refractivity contribution is 6.06. The van der Waals surface area contributed by atoms with Crippen molar-refractivity contribution in [3.63, 3.8) is 0 Å². The van der Waals surface area contributed by atoms with E-state index < -0.39 is 0 Å². The largest absolute Gasteiger partial charge is 0.501 e. The van der Waals surface area contributed by atoms with Gasteiger partial charge in [0.1, 0.15) is 11.3 Å². The van der Waals surface area contributed by atoms with Gasteiger partial charge in [0, 0.05) is 16.6 Å². The summed E-state index contributed by atoms with van der Waals surface area (Å²) in [6, 6.07) is 6.85. The van der Waals surface area contributed by atoms with Gasteiger partial charge in [-0.1, -0.05) is 12.2 Å². The molecule has 0 aliphatic heterocycles.